The van der Waals surface area contributed by atoms with Gasteiger partial charge in [-0.2, -0.15) is 0 Å². The fourth-order valence-electron chi connectivity index (χ4n) is 0.705. The van der Waals surface area contributed by atoms with Gasteiger partial charge in [-0.3, -0.25) is 0 Å². The van der Waals surface area contributed by atoms with Crippen molar-refractivity contribution in [3.8, 4) is 11.5 Å². The van der Waals surface area contributed by atoms with Crippen LogP contribution in [0.5, 0.6) is 11.5 Å². The van der Waals surface area contributed by atoms with Gasteiger partial charge in [0.1, 0.15) is 11.5 Å². The Kier molecular flexibility index (Phi) is 6.19. The molecular formula is C10H14O4. The molecule has 1 aromatic carbocycles. The van der Waals surface area contributed by atoms with Crippen LogP contribution >= 0.6 is 0 Å². The molecule has 78 valence electrons. The van der Waals surface area contributed by atoms with Crippen LogP contribution in [0, 0.1) is 0 Å². The summed E-state index contributed by atoms with van der Waals surface area (Å²) in [5.41, 5.74) is 0.623. The van der Waals surface area contributed by atoms with E-state index in [0.29, 0.717) is 5.56 Å². The molecule has 0 unspecified atom stereocenters. The molecule has 0 fully saturated rings. The third-order valence-corrected chi connectivity index (χ3v) is 1.40. The van der Waals surface area contributed by atoms with Crippen molar-refractivity contribution < 1.29 is 20.0 Å². The monoisotopic (exact) mass is 198 g/mol. The minimum Gasteiger partial charge on any atom is -0.508 e. The Hall–Kier alpha value is -1.52. The number of phenolic OH excluding ortho intramolecular Hbond substituents is 2. The normalized spacial score (nSPS) is 8.71. The Labute approximate surface area is 83.0 Å². The Morgan fingerprint density at radius 2 is 1.79 bits per heavy atom. The van der Waals surface area contributed by atoms with Crippen molar-refractivity contribution >= 4 is 6.08 Å². The average Bonchev–Trinajstić information content (AvgIpc) is 2.18. The highest BCUT2D eigenvalue weighted by Crippen LogP contribution is 2.22. The summed E-state index contributed by atoms with van der Waals surface area (Å²) >= 11 is 0. The van der Waals surface area contributed by atoms with Crippen molar-refractivity contribution in [1.82, 2.24) is 0 Å². The fourth-order valence-corrected chi connectivity index (χ4v) is 0.705. The molecule has 0 heterocycles. The summed E-state index contributed by atoms with van der Waals surface area (Å²) in [6, 6.07) is 4.37. The molecule has 0 spiro atoms. The Balaban J connectivity index is 0.000000364. The molecule has 0 aliphatic rings. The number of hydrogen-bond acceptors (Lipinski definition) is 4. The second-order valence-corrected chi connectivity index (χ2v) is 2.28. The third kappa shape index (κ3) is 4.49. The van der Waals surface area contributed by atoms with Gasteiger partial charge in [0.05, 0.1) is 14.2 Å². The van der Waals surface area contributed by atoms with E-state index in [4.69, 9.17) is 10.2 Å². The lowest BCUT2D eigenvalue weighted by Gasteiger charge is -1.97. The van der Waals surface area contributed by atoms with Crippen molar-refractivity contribution in [2.75, 3.05) is 14.2 Å². The molecule has 0 atom stereocenters. The molecule has 0 aromatic heterocycles. The predicted molar refractivity (Wildman–Crippen MR) is 53.9 cm³/mol. The summed E-state index contributed by atoms with van der Waals surface area (Å²) in [7, 11) is 2.92. The molecule has 0 saturated heterocycles. The largest absolute Gasteiger partial charge is 0.508 e. The van der Waals surface area contributed by atoms with E-state index in [-0.39, 0.29) is 11.5 Å². The van der Waals surface area contributed by atoms with E-state index in [2.05, 4.69) is 16.4 Å². The van der Waals surface area contributed by atoms with E-state index < -0.39 is 0 Å². The van der Waals surface area contributed by atoms with Crippen LogP contribution in [-0.4, -0.2) is 24.4 Å². The van der Waals surface area contributed by atoms with Gasteiger partial charge in [0, 0.05) is 11.6 Å². The number of phenols is 2. The van der Waals surface area contributed by atoms with Gasteiger partial charge in [-0.25, -0.2) is 9.78 Å². The average molecular weight is 198 g/mol. The number of hydrogen-bond donors (Lipinski definition) is 2. The van der Waals surface area contributed by atoms with E-state index in [1.54, 1.807) is 6.07 Å². The van der Waals surface area contributed by atoms with Crippen LogP contribution in [0.4, 0.5) is 0 Å². The summed E-state index contributed by atoms with van der Waals surface area (Å²) in [5.74, 6) is 0.109. The predicted octanol–water partition coefficient (Wildman–Crippen LogP) is 1.94. The van der Waals surface area contributed by atoms with Gasteiger partial charge >= 0.3 is 0 Å². The van der Waals surface area contributed by atoms with Crippen molar-refractivity contribution in [3.05, 3.63) is 30.3 Å². The lowest BCUT2D eigenvalue weighted by atomic mass is 10.2. The minimum atomic E-state index is 0.0509. The first-order valence-corrected chi connectivity index (χ1v) is 3.87. The third-order valence-electron chi connectivity index (χ3n) is 1.40. The second kappa shape index (κ2) is 6.94. The van der Waals surface area contributed by atoms with E-state index in [1.807, 2.05) is 0 Å². The van der Waals surface area contributed by atoms with Crippen LogP contribution in [0.15, 0.2) is 24.8 Å². The van der Waals surface area contributed by atoms with E-state index in [9.17, 15) is 0 Å². The highest BCUT2D eigenvalue weighted by Gasteiger charge is 1.95. The van der Waals surface area contributed by atoms with Gasteiger partial charge in [0.25, 0.3) is 0 Å². The summed E-state index contributed by atoms with van der Waals surface area (Å²) in [4.78, 5) is 8.08. The molecule has 0 amide bonds. The maximum absolute atomic E-state index is 9.06. The summed E-state index contributed by atoms with van der Waals surface area (Å²) in [6.45, 7) is 3.48. The fraction of sp³-hybridized carbons (Fsp3) is 0.200. The molecule has 14 heavy (non-hydrogen) atoms. The Morgan fingerprint density at radius 1 is 1.21 bits per heavy atom. The smallest absolute Gasteiger partial charge is 0.126 e. The van der Waals surface area contributed by atoms with Crippen LogP contribution < -0.4 is 0 Å². The Bertz CT molecular complexity index is 281. The van der Waals surface area contributed by atoms with Gasteiger partial charge in [0.15, 0.2) is 0 Å². The molecule has 0 saturated carbocycles. The van der Waals surface area contributed by atoms with E-state index >= 15 is 0 Å². The number of rotatable bonds is 2. The van der Waals surface area contributed by atoms with Gasteiger partial charge in [-0.05, 0) is 12.1 Å². The minimum absolute atomic E-state index is 0.0509. The van der Waals surface area contributed by atoms with Gasteiger partial charge < -0.3 is 10.2 Å². The second-order valence-electron chi connectivity index (χ2n) is 2.28. The highest BCUT2D eigenvalue weighted by molar-refractivity contribution is 5.56. The van der Waals surface area contributed by atoms with Gasteiger partial charge in [-0.1, -0.05) is 12.7 Å². The Morgan fingerprint density at radius 3 is 2.14 bits per heavy atom. The maximum Gasteiger partial charge on any atom is 0.126 e. The summed E-state index contributed by atoms with van der Waals surface area (Å²) in [5, 5.41) is 17.9. The molecule has 1 aromatic rings. The van der Waals surface area contributed by atoms with Gasteiger partial charge in [-0.15, -0.1) is 0 Å². The quantitative estimate of drug-likeness (QED) is 0.563. The molecule has 4 nitrogen and oxygen atoms in total. The van der Waals surface area contributed by atoms with Crippen LogP contribution in [0.25, 0.3) is 6.08 Å². The van der Waals surface area contributed by atoms with Crippen LogP contribution in [0.1, 0.15) is 5.56 Å². The zero-order valence-corrected chi connectivity index (χ0v) is 8.23. The molecular weight excluding hydrogens is 184 g/mol. The molecule has 1 rings (SSSR count). The molecule has 0 radical (unpaired) electrons. The first-order valence-electron chi connectivity index (χ1n) is 3.87. The number of aromatic hydroxyl groups is 2. The first-order chi connectivity index (χ1) is 6.65. The first kappa shape index (κ1) is 12.5. The van der Waals surface area contributed by atoms with Crippen molar-refractivity contribution in [3.63, 3.8) is 0 Å². The highest BCUT2D eigenvalue weighted by atomic mass is 17.2. The van der Waals surface area contributed by atoms with E-state index in [0.717, 1.165) is 0 Å². The SMILES string of the molecule is C=Cc1ccc(O)cc1O.COOC. The topological polar surface area (TPSA) is 58.9 Å². The number of benzene rings is 1. The zero-order valence-electron chi connectivity index (χ0n) is 8.23. The molecule has 2 N–H and O–H groups in total. The lowest BCUT2D eigenvalue weighted by molar-refractivity contribution is -0.248. The van der Waals surface area contributed by atoms with Crippen LogP contribution in [0.2, 0.25) is 0 Å². The summed E-state index contributed by atoms with van der Waals surface area (Å²) < 4.78 is 0. The molecule has 0 aliphatic carbocycles. The molecule has 0 aliphatic heterocycles. The lowest BCUT2D eigenvalue weighted by Crippen LogP contribution is -1.72. The van der Waals surface area contributed by atoms with E-state index in [1.165, 1.54) is 32.4 Å². The summed E-state index contributed by atoms with van der Waals surface area (Å²) in [6.07, 6.45) is 1.52. The van der Waals surface area contributed by atoms with Crippen molar-refractivity contribution in [2.24, 2.45) is 0 Å². The maximum atomic E-state index is 9.06. The van der Waals surface area contributed by atoms with Gasteiger partial charge in [0.2, 0.25) is 0 Å². The van der Waals surface area contributed by atoms with Crippen LogP contribution in [0.3, 0.4) is 0 Å². The zero-order chi connectivity index (χ0) is 11.0. The van der Waals surface area contributed by atoms with Crippen molar-refractivity contribution in [2.45, 2.75) is 0 Å². The van der Waals surface area contributed by atoms with Crippen molar-refractivity contribution in [1.29, 1.82) is 0 Å². The standard InChI is InChI=1S/C8H8O2.C2H6O2/c1-2-6-3-4-7(9)5-8(6)10;1-3-4-2/h2-5,9-10H,1H2;1-2H3. The van der Waals surface area contributed by atoms with Crippen LogP contribution in [-0.2, 0) is 9.78 Å². The molecule has 0 bridgehead atoms. The molecule has 4 heteroatoms.